The summed E-state index contributed by atoms with van der Waals surface area (Å²) in [6.07, 6.45) is 3.34. The number of imidazole rings is 1. The van der Waals surface area contributed by atoms with E-state index < -0.39 is 0 Å². The first-order valence-electron chi connectivity index (χ1n) is 5.22. The van der Waals surface area contributed by atoms with Crippen molar-refractivity contribution in [3.63, 3.8) is 0 Å². The summed E-state index contributed by atoms with van der Waals surface area (Å²) in [5, 5.41) is 3.07. The zero-order valence-electron chi connectivity index (χ0n) is 9.12. The number of nitroso groups, excluding NO2 is 1. The van der Waals surface area contributed by atoms with Crippen molar-refractivity contribution in [3.05, 3.63) is 52.1 Å². The van der Waals surface area contributed by atoms with Gasteiger partial charge in [0.15, 0.2) is 0 Å². The Morgan fingerprint density at radius 1 is 1.22 bits per heavy atom. The van der Waals surface area contributed by atoms with Crippen molar-refractivity contribution in [2.24, 2.45) is 5.18 Å². The lowest BCUT2D eigenvalue weighted by atomic mass is 10.1. The molecule has 88 valence electrons. The fraction of sp³-hybridized carbons (Fsp3) is 0. The van der Waals surface area contributed by atoms with Crippen LogP contribution in [0, 0.1) is 4.91 Å². The molecule has 6 heteroatoms. The van der Waals surface area contributed by atoms with Gasteiger partial charge in [-0.2, -0.15) is 0 Å². The molecular formula is C12H7BrN4O. The lowest BCUT2D eigenvalue weighted by Crippen LogP contribution is -1.84. The molecule has 5 nitrogen and oxygen atoms in total. The van der Waals surface area contributed by atoms with Crippen LogP contribution in [0.5, 0.6) is 0 Å². The van der Waals surface area contributed by atoms with Crippen LogP contribution in [0.3, 0.4) is 0 Å². The van der Waals surface area contributed by atoms with Crippen molar-refractivity contribution < 1.29 is 0 Å². The second kappa shape index (κ2) is 4.30. The first kappa shape index (κ1) is 11.0. The van der Waals surface area contributed by atoms with Gasteiger partial charge in [-0.1, -0.05) is 34.1 Å². The Hall–Kier alpha value is -2.08. The van der Waals surface area contributed by atoms with Crippen molar-refractivity contribution in [1.29, 1.82) is 0 Å². The predicted octanol–water partition coefficient (Wildman–Crippen LogP) is 3.56. The number of hydrogen-bond donors (Lipinski definition) is 0. The van der Waals surface area contributed by atoms with Gasteiger partial charge < -0.3 is 0 Å². The molecule has 0 N–H and O–H groups in total. The van der Waals surface area contributed by atoms with Crippen molar-refractivity contribution in [3.8, 4) is 11.3 Å². The number of benzene rings is 1. The molecule has 0 aliphatic carbocycles. The van der Waals surface area contributed by atoms with E-state index in [1.165, 1.54) is 0 Å². The zero-order valence-corrected chi connectivity index (χ0v) is 10.7. The van der Waals surface area contributed by atoms with Crippen molar-refractivity contribution in [1.82, 2.24) is 14.4 Å². The van der Waals surface area contributed by atoms with Crippen LogP contribution in [0.25, 0.3) is 17.0 Å². The molecule has 2 aromatic heterocycles. The van der Waals surface area contributed by atoms with Gasteiger partial charge in [0, 0.05) is 22.4 Å². The van der Waals surface area contributed by atoms with E-state index in [0.29, 0.717) is 11.5 Å². The molecule has 0 aliphatic heterocycles. The van der Waals surface area contributed by atoms with E-state index >= 15 is 0 Å². The van der Waals surface area contributed by atoms with Gasteiger partial charge in [0.25, 0.3) is 0 Å². The minimum Gasteiger partial charge on any atom is -0.265 e. The summed E-state index contributed by atoms with van der Waals surface area (Å²) in [7, 11) is 0. The van der Waals surface area contributed by atoms with Crippen molar-refractivity contribution in [2.75, 3.05) is 0 Å². The largest absolute Gasteiger partial charge is 0.265 e. The SMILES string of the molecule is O=Nc1c(-c2ccccc2Br)nc2ncccn12. The van der Waals surface area contributed by atoms with E-state index in [1.54, 1.807) is 22.9 Å². The van der Waals surface area contributed by atoms with Crippen LogP contribution < -0.4 is 0 Å². The highest BCUT2D eigenvalue weighted by molar-refractivity contribution is 9.10. The normalized spacial score (nSPS) is 10.7. The molecule has 0 fully saturated rings. The number of nitrogens with zero attached hydrogens (tertiary/aromatic N) is 4. The van der Waals surface area contributed by atoms with Crippen LogP contribution in [-0.4, -0.2) is 14.4 Å². The Kier molecular flexibility index (Phi) is 2.64. The maximum Gasteiger partial charge on any atom is 0.236 e. The van der Waals surface area contributed by atoms with E-state index in [2.05, 4.69) is 31.1 Å². The van der Waals surface area contributed by atoms with E-state index in [9.17, 15) is 4.91 Å². The molecule has 0 amide bonds. The van der Waals surface area contributed by atoms with Gasteiger partial charge in [0.2, 0.25) is 11.6 Å². The van der Waals surface area contributed by atoms with Gasteiger partial charge in [-0.15, -0.1) is 4.91 Å². The van der Waals surface area contributed by atoms with Crippen molar-refractivity contribution >= 4 is 27.5 Å². The first-order chi connectivity index (χ1) is 8.81. The number of aromatic nitrogens is 3. The zero-order chi connectivity index (χ0) is 12.5. The fourth-order valence-corrected chi connectivity index (χ4v) is 2.27. The maximum atomic E-state index is 11.0. The Morgan fingerprint density at radius 3 is 2.83 bits per heavy atom. The summed E-state index contributed by atoms with van der Waals surface area (Å²) < 4.78 is 2.43. The van der Waals surface area contributed by atoms with Crippen LogP contribution >= 0.6 is 15.9 Å². The quantitative estimate of drug-likeness (QED) is 0.680. The monoisotopic (exact) mass is 302 g/mol. The van der Waals surface area contributed by atoms with Gasteiger partial charge in [-0.25, -0.2) is 9.97 Å². The standard InChI is InChI=1S/C12H7BrN4O/c13-9-5-2-1-4-8(9)10-11(16-18)17-7-3-6-14-12(17)15-10/h1-7H. The Bertz CT molecular complexity index is 738. The summed E-state index contributed by atoms with van der Waals surface area (Å²) in [4.78, 5) is 19.5. The van der Waals surface area contributed by atoms with E-state index in [1.807, 2.05) is 24.3 Å². The van der Waals surface area contributed by atoms with E-state index in [4.69, 9.17) is 0 Å². The highest BCUT2D eigenvalue weighted by Crippen LogP contribution is 2.34. The third-order valence-electron chi connectivity index (χ3n) is 2.59. The van der Waals surface area contributed by atoms with Crippen LogP contribution in [0.4, 0.5) is 5.82 Å². The molecule has 0 saturated carbocycles. The Labute approximate surface area is 111 Å². The van der Waals surface area contributed by atoms with Gasteiger partial charge in [-0.05, 0) is 17.3 Å². The third-order valence-corrected chi connectivity index (χ3v) is 3.29. The minimum atomic E-state index is 0.255. The molecule has 0 aliphatic rings. The molecule has 0 saturated heterocycles. The van der Waals surface area contributed by atoms with E-state index in [-0.39, 0.29) is 5.82 Å². The Balaban J connectivity index is 2.36. The van der Waals surface area contributed by atoms with Crippen LogP contribution in [0.2, 0.25) is 0 Å². The summed E-state index contributed by atoms with van der Waals surface area (Å²) in [5.74, 6) is 0.711. The number of fused-ring (bicyclic) bond motifs is 1. The predicted molar refractivity (Wildman–Crippen MR) is 71.6 cm³/mol. The van der Waals surface area contributed by atoms with Gasteiger partial charge in [0.1, 0.15) is 5.69 Å². The lowest BCUT2D eigenvalue weighted by Gasteiger charge is -2.00. The molecule has 3 rings (SSSR count). The van der Waals surface area contributed by atoms with Gasteiger partial charge in [0.05, 0.1) is 0 Å². The van der Waals surface area contributed by atoms with Gasteiger partial charge >= 0.3 is 0 Å². The Morgan fingerprint density at radius 2 is 2.06 bits per heavy atom. The topological polar surface area (TPSA) is 59.6 Å². The molecule has 1 aromatic carbocycles. The first-order valence-corrected chi connectivity index (χ1v) is 6.02. The summed E-state index contributed by atoms with van der Waals surface area (Å²) in [5.41, 5.74) is 1.34. The van der Waals surface area contributed by atoms with Crippen LogP contribution in [-0.2, 0) is 0 Å². The second-order valence-corrected chi connectivity index (χ2v) is 4.50. The number of rotatable bonds is 2. The van der Waals surface area contributed by atoms with Crippen LogP contribution in [0.1, 0.15) is 0 Å². The number of halogens is 1. The highest BCUT2D eigenvalue weighted by Gasteiger charge is 2.16. The molecule has 18 heavy (non-hydrogen) atoms. The maximum absolute atomic E-state index is 11.0. The number of hydrogen-bond acceptors (Lipinski definition) is 4. The molecule has 2 heterocycles. The van der Waals surface area contributed by atoms with Crippen molar-refractivity contribution in [2.45, 2.75) is 0 Å². The van der Waals surface area contributed by atoms with Crippen LogP contribution in [0.15, 0.2) is 52.4 Å². The minimum absolute atomic E-state index is 0.255. The highest BCUT2D eigenvalue weighted by atomic mass is 79.9. The molecule has 0 radical (unpaired) electrons. The third kappa shape index (κ3) is 1.62. The average Bonchev–Trinajstić information content (AvgIpc) is 2.77. The summed E-state index contributed by atoms with van der Waals surface area (Å²) in [6.45, 7) is 0. The van der Waals surface area contributed by atoms with E-state index in [0.717, 1.165) is 10.0 Å². The molecule has 0 bridgehead atoms. The molecular weight excluding hydrogens is 296 g/mol. The molecule has 3 aromatic rings. The summed E-state index contributed by atoms with van der Waals surface area (Å²) in [6, 6.07) is 9.27. The fourth-order valence-electron chi connectivity index (χ4n) is 1.80. The molecule has 0 unspecified atom stereocenters. The second-order valence-electron chi connectivity index (χ2n) is 3.64. The lowest BCUT2D eigenvalue weighted by molar-refractivity contribution is 1.10. The average molecular weight is 303 g/mol. The molecule has 0 atom stereocenters. The smallest absolute Gasteiger partial charge is 0.236 e. The molecule has 0 spiro atoms. The van der Waals surface area contributed by atoms with Gasteiger partial charge in [-0.3, -0.25) is 4.40 Å². The summed E-state index contributed by atoms with van der Waals surface area (Å²) >= 11 is 3.44.